The van der Waals surface area contributed by atoms with E-state index in [1.807, 2.05) is 12.1 Å². The molecule has 5 rings (SSSR count). The van der Waals surface area contributed by atoms with Crippen LogP contribution in [0.3, 0.4) is 0 Å². The van der Waals surface area contributed by atoms with Crippen molar-refractivity contribution in [1.29, 1.82) is 0 Å². The Kier molecular flexibility index (Phi) is 5.97. The number of nitrogens with one attached hydrogen (secondary N) is 1. The molecule has 1 aromatic carbocycles. The van der Waals surface area contributed by atoms with Gasteiger partial charge in [-0.2, -0.15) is 0 Å². The quantitative estimate of drug-likeness (QED) is 0.719. The van der Waals surface area contributed by atoms with Gasteiger partial charge in [0, 0.05) is 39.3 Å². The molecule has 7 heteroatoms. The lowest BCUT2D eigenvalue weighted by atomic mass is 9.84. The highest BCUT2D eigenvalue weighted by molar-refractivity contribution is 5.88. The largest absolute Gasteiger partial charge is 0.454 e. The topological polar surface area (TPSA) is 63.3 Å². The smallest absolute Gasteiger partial charge is 0.252 e. The Morgan fingerprint density at radius 3 is 2.61 bits per heavy atom. The van der Waals surface area contributed by atoms with E-state index in [0.717, 1.165) is 75.0 Å². The van der Waals surface area contributed by atoms with Crippen molar-refractivity contribution in [3.05, 3.63) is 18.2 Å². The van der Waals surface area contributed by atoms with E-state index in [1.165, 1.54) is 25.8 Å². The number of carbonyl (C=O) groups is 1. The summed E-state index contributed by atoms with van der Waals surface area (Å²) in [6.45, 7) is 5.74. The number of rotatable bonds is 7. The molecular weight excluding hydrogens is 394 g/mol. The molecule has 0 bridgehead atoms. The molecular formula is C24H35N3O4. The predicted molar refractivity (Wildman–Crippen MR) is 119 cm³/mol. The summed E-state index contributed by atoms with van der Waals surface area (Å²) in [5.41, 5.74) is 0.661. The molecule has 1 aromatic rings. The number of piperazine rings is 1. The Hall–Kier alpha value is -1.99. The zero-order chi connectivity index (χ0) is 21.3. The van der Waals surface area contributed by atoms with Crippen molar-refractivity contribution < 1.29 is 19.0 Å². The number of carbonyl (C=O) groups excluding carboxylic acids is 1. The van der Waals surface area contributed by atoms with Crippen LogP contribution in [0.4, 0.5) is 5.69 Å². The normalized spacial score (nSPS) is 27.2. The summed E-state index contributed by atoms with van der Waals surface area (Å²) >= 11 is 0. The SMILES string of the molecule is COC1(C(=O)NC2CCC(CCN3CCN(c4cccc5c4OCO5)CC3)CC2)CC1. The van der Waals surface area contributed by atoms with E-state index in [9.17, 15) is 4.79 Å². The van der Waals surface area contributed by atoms with E-state index in [1.54, 1.807) is 7.11 Å². The Labute approximate surface area is 185 Å². The van der Waals surface area contributed by atoms with Gasteiger partial charge in [0.15, 0.2) is 11.5 Å². The van der Waals surface area contributed by atoms with Gasteiger partial charge < -0.3 is 24.4 Å². The van der Waals surface area contributed by atoms with Crippen molar-refractivity contribution >= 4 is 11.6 Å². The third-order valence-corrected chi connectivity index (χ3v) is 7.63. The van der Waals surface area contributed by atoms with E-state index >= 15 is 0 Å². The third-order valence-electron chi connectivity index (χ3n) is 7.63. The molecule has 0 atom stereocenters. The second-order valence-electron chi connectivity index (χ2n) is 9.52. The van der Waals surface area contributed by atoms with E-state index in [-0.39, 0.29) is 5.91 Å². The van der Waals surface area contributed by atoms with Crippen molar-refractivity contribution in [2.45, 2.75) is 56.6 Å². The maximum Gasteiger partial charge on any atom is 0.252 e. The van der Waals surface area contributed by atoms with Gasteiger partial charge in [-0.25, -0.2) is 0 Å². The zero-order valence-electron chi connectivity index (χ0n) is 18.6. The summed E-state index contributed by atoms with van der Waals surface area (Å²) in [7, 11) is 1.65. The fraction of sp³-hybridized carbons (Fsp3) is 0.708. The lowest BCUT2D eigenvalue weighted by Crippen LogP contribution is -2.47. The average Bonchev–Trinajstić information content (AvgIpc) is 3.47. The number of fused-ring (bicyclic) bond motifs is 1. The average molecular weight is 430 g/mol. The standard InChI is InChI=1S/C24H35N3O4/c1-29-24(10-11-24)23(28)25-19-7-5-18(6-8-19)9-12-26-13-15-27(16-14-26)20-3-2-4-21-22(20)31-17-30-21/h2-4,18-19H,5-17H2,1H3,(H,25,28). The van der Waals surface area contributed by atoms with Crippen molar-refractivity contribution in [3.63, 3.8) is 0 Å². The summed E-state index contributed by atoms with van der Waals surface area (Å²) in [5.74, 6) is 2.66. The first-order valence-corrected chi connectivity index (χ1v) is 11.9. The summed E-state index contributed by atoms with van der Waals surface area (Å²) < 4.78 is 16.6. The molecule has 0 spiro atoms. The van der Waals surface area contributed by atoms with Crippen LogP contribution in [0.15, 0.2) is 18.2 Å². The van der Waals surface area contributed by atoms with Gasteiger partial charge in [-0.1, -0.05) is 6.07 Å². The van der Waals surface area contributed by atoms with Gasteiger partial charge in [0.1, 0.15) is 5.60 Å². The fourth-order valence-electron chi connectivity index (χ4n) is 5.29. The maximum absolute atomic E-state index is 12.4. The predicted octanol–water partition coefficient (Wildman–Crippen LogP) is 2.78. The van der Waals surface area contributed by atoms with Crippen LogP contribution in [-0.2, 0) is 9.53 Å². The highest BCUT2D eigenvalue weighted by Gasteiger charge is 2.51. The van der Waals surface area contributed by atoms with E-state index < -0.39 is 5.60 Å². The molecule has 2 aliphatic heterocycles. The minimum Gasteiger partial charge on any atom is -0.454 e. The van der Waals surface area contributed by atoms with Gasteiger partial charge in [-0.15, -0.1) is 0 Å². The van der Waals surface area contributed by atoms with Crippen LogP contribution >= 0.6 is 0 Å². The number of benzene rings is 1. The first kappa shape index (κ1) is 20.9. The second kappa shape index (κ2) is 8.87. The highest BCUT2D eigenvalue weighted by Crippen LogP contribution is 2.41. The maximum atomic E-state index is 12.4. The number of methoxy groups -OCH3 is 1. The Bertz CT molecular complexity index is 781. The number of nitrogens with zero attached hydrogens (tertiary/aromatic N) is 2. The monoisotopic (exact) mass is 429 g/mol. The second-order valence-corrected chi connectivity index (χ2v) is 9.52. The van der Waals surface area contributed by atoms with E-state index in [4.69, 9.17) is 14.2 Å². The Morgan fingerprint density at radius 2 is 1.90 bits per heavy atom. The van der Waals surface area contributed by atoms with Gasteiger partial charge in [0.25, 0.3) is 5.91 Å². The molecule has 3 fully saturated rings. The molecule has 31 heavy (non-hydrogen) atoms. The molecule has 0 unspecified atom stereocenters. The highest BCUT2D eigenvalue weighted by atomic mass is 16.7. The molecule has 2 saturated carbocycles. The molecule has 4 aliphatic rings. The Balaban J connectivity index is 1.02. The minimum absolute atomic E-state index is 0.109. The van der Waals surface area contributed by atoms with Crippen LogP contribution in [0.5, 0.6) is 11.5 Å². The molecule has 1 N–H and O–H groups in total. The van der Waals surface area contributed by atoms with Gasteiger partial charge in [-0.05, 0) is 69.5 Å². The number of amides is 1. The molecule has 170 valence electrons. The lowest BCUT2D eigenvalue weighted by Gasteiger charge is -2.37. The van der Waals surface area contributed by atoms with Crippen molar-refractivity contribution in [1.82, 2.24) is 10.2 Å². The number of ether oxygens (including phenoxy) is 3. The van der Waals surface area contributed by atoms with Crippen LogP contribution in [-0.4, -0.2) is 69.1 Å². The fourth-order valence-corrected chi connectivity index (χ4v) is 5.29. The van der Waals surface area contributed by atoms with Gasteiger partial charge >= 0.3 is 0 Å². The number of hydrogen-bond donors (Lipinski definition) is 1. The van der Waals surface area contributed by atoms with Crippen LogP contribution in [0.1, 0.15) is 44.9 Å². The summed E-state index contributed by atoms with van der Waals surface area (Å²) in [6.07, 6.45) is 7.64. The summed E-state index contributed by atoms with van der Waals surface area (Å²) in [4.78, 5) is 17.4. The van der Waals surface area contributed by atoms with Gasteiger partial charge in [-0.3, -0.25) is 9.69 Å². The number of hydrogen-bond acceptors (Lipinski definition) is 6. The Morgan fingerprint density at radius 1 is 1.13 bits per heavy atom. The molecule has 0 aromatic heterocycles. The van der Waals surface area contributed by atoms with Gasteiger partial charge in [0.05, 0.1) is 5.69 Å². The van der Waals surface area contributed by atoms with Crippen molar-refractivity contribution in [2.75, 3.05) is 51.5 Å². The molecule has 2 heterocycles. The van der Waals surface area contributed by atoms with Crippen LogP contribution in [0.2, 0.25) is 0 Å². The number of anilines is 1. The van der Waals surface area contributed by atoms with Crippen LogP contribution in [0.25, 0.3) is 0 Å². The first-order chi connectivity index (χ1) is 15.2. The van der Waals surface area contributed by atoms with E-state index in [2.05, 4.69) is 21.2 Å². The van der Waals surface area contributed by atoms with Crippen LogP contribution in [0, 0.1) is 5.92 Å². The molecule has 7 nitrogen and oxygen atoms in total. The number of para-hydroxylation sites is 1. The van der Waals surface area contributed by atoms with Crippen molar-refractivity contribution in [3.8, 4) is 11.5 Å². The lowest BCUT2D eigenvalue weighted by molar-refractivity contribution is -0.134. The molecule has 0 radical (unpaired) electrons. The minimum atomic E-state index is -0.502. The molecule has 2 aliphatic carbocycles. The summed E-state index contributed by atoms with van der Waals surface area (Å²) in [5, 5.41) is 3.24. The van der Waals surface area contributed by atoms with Gasteiger partial charge in [0.2, 0.25) is 6.79 Å². The van der Waals surface area contributed by atoms with E-state index in [0.29, 0.717) is 12.8 Å². The summed E-state index contributed by atoms with van der Waals surface area (Å²) in [6, 6.07) is 6.49. The zero-order valence-corrected chi connectivity index (χ0v) is 18.6. The van der Waals surface area contributed by atoms with Crippen LogP contribution < -0.4 is 19.7 Å². The first-order valence-electron chi connectivity index (χ1n) is 11.9. The molecule has 1 saturated heterocycles. The third kappa shape index (κ3) is 4.48. The van der Waals surface area contributed by atoms with Crippen molar-refractivity contribution in [2.24, 2.45) is 5.92 Å². The molecule has 1 amide bonds.